The van der Waals surface area contributed by atoms with Gasteiger partial charge in [0.2, 0.25) is 0 Å². The van der Waals surface area contributed by atoms with E-state index in [0.717, 1.165) is 38.9 Å². The van der Waals surface area contributed by atoms with E-state index in [9.17, 15) is 19.5 Å². The van der Waals surface area contributed by atoms with E-state index in [0.29, 0.717) is 12.9 Å². The minimum Gasteiger partial charge on any atom is -0.478 e. The van der Waals surface area contributed by atoms with Gasteiger partial charge in [0.25, 0.3) is 5.91 Å². The highest BCUT2D eigenvalue weighted by atomic mass is 35.5. The standard InChI is InChI=1S/C18H24ClN3O5/c1-27-8-2-5-22-6-3-11(4-7-22)21-17(24)12-9-14(19)16(20)13(10-23)15(12)18(25)26/h9-11H,2-8,20H2,1H3,(H,21,24)(H,25,26). The normalized spacial score (nSPS) is 15.5. The van der Waals surface area contributed by atoms with Gasteiger partial charge in [-0.15, -0.1) is 0 Å². The molecule has 4 N–H and O–H groups in total. The smallest absolute Gasteiger partial charge is 0.337 e. The van der Waals surface area contributed by atoms with E-state index in [1.54, 1.807) is 7.11 Å². The van der Waals surface area contributed by atoms with E-state index in [4.69, 9.17) is 22.1 Å². The second-order valence-corrected chi connectivity index (χ2v) is 6.87. The molecule has 1 aromatic rings. The van der Waals surface area contributed by atoms with Crippen LogP contribution in [0.25, 0.3) is 0 Å². The van der Waals surface area contributed by atoms with Crippen LogP contribution in [0.3, 0.4) is 0 Å². The van der Waals surface area contributed by atoms with Crippen LogP contribution in [-0.4, -0.2) is 67.6 Å². The molecule has 27 heavy (non-hydrogen) atoms. The quantitative estimate of drug-likeness (QED) is 0.346. The first kappa shape index (κ1) is 21.1. The number of nitrogens with one attached hydrogen (secondary N) is 1. The second-order valence-electron chi connectivity index (χ2n) is 6.47. The zero-order valence-electron chi connectivity index (χ0n) is 15.2. The Labute approximate surface area is 162 Å². The molecule has 2 rings (SSSR count). The number of aldehydes is 1. The number of carboxylic acids is 1. The summed E-state index contributed by atoms with van der Waals surface area (Å²) in [7, 11) is 1.67. The molecule has 1 aromatic carbocycles. The summed E-state index contributed by atoms with van der Waals surface area (Å²) in [6.07, 6.45) is 2.77. The number of rotatable bonds is 8. The molecule has 0 saturated carbocycles. The number of benzene rings is 1. The van der Waals surface area contributed by atoms with Gasteiger partial charge in [-0.05, 0) is 25.3 Å². The molecule has 0 aromatic heterocycles. The van der Waals surface area contributed by atoms with Gasteiger partial charge in [0.1, 0.15) is 0 Å². The van der Waals surface area contributed by atoms with Gasteiger partial charge in [0.05, 0.1) is 27.4 Å². The molecule has 1 saturated heterocycles. The monoisotopic (exact) mass is 397 g/mol. The van der Waals surface area contributed by atoms with Crippen LogP contribution in [0.15, 0.2) is 6.07 Å². The number of amides is 1. The number of piperidine rings is 1. The molecule has 0 radical (unpaired) electrons. The third-order valence-electron chi connectivity index (χ3n) is 4.68. The van der Waals surface area contributed by atoms with Crippen molar-refractivity contribution in [3.05, 3.63) is 27.8 Å². The molecule has 0 atom stereocenters. The topological polar surface area (TPSA) is 122 Å². The van der Waals surface area contributed by atoms with Gasteiger partial charge in [0.15, 0.2) is 6.29 Å². The number of nitrogens with two attached hydrogens (primary N) is 1. The molecule has 0 bridgehead atoms. The van der Waals surface area contributed by atoms with Crippen molar-refractivity contribution in [3.63, 3.8) is 0 Å². The molecule has 9 heteroatoms. The Balaban J connectivity index is 2.08. The number of nitrogen functional groups attached to an aromatic ring is 1. The third-order valence-corrected chi connectivity index (χ3v) is 4.99. The maximum Gasteiger partial charge on any atom is 0.337 e. The molecule has 148 valence electrons. The van der Waals surface area contributed by atoms with Gasteiger partial charge in [-0.3, -0.25) is 9.59 Å². The highest BCUT2D eigenvalue weighted by Crippen LogP contribution is 2.29. The molecular formula is C18H24ClN3O5. The highest BCUT2D eigenvalue weighted by molar-refractivity contribution is 6.34. The Bertz CT molecular complexity index is 717. The Hall–Kier alpha value is -2.16. The third kappa shape index (κ3) is 5.18. The van der Waals surface area contributed by atoms with Crippen LogP contribution in [0, 0.1) is 0 Å². The summed E-state index contributed by atoms with van der Waals surface area (Å²) < 4.78 is 5.05. The lowest BCUT2D eigenvalue weighted by Gasteiger charge is -2.32. The number of ether oxygens (including phenoxy) is 1. The first-order chi connectivity index (χ1) is 12.9. The molecule has 1 amide bonds. The molecule has 1 fully saturated rings. The fraction of sp³-hybridized carbons (Fsp3) is 0.500. The molecule has 0 spiro atoms. The molecule has 1 aliphatic heterocycles. The first-order valence-electron chi connectivity index (χ1n) is 8.71. The van der Waals surface area contributed by atoms with Crippen LogP contribution in [0.2, 0.25) is 5.02 Å². The van der Waals surface area contributed by atoms with Crippen molar-refractivity contribution in [2.45, 2.75) is 25.3 Å². The summed E-state index contributed by atoms with van der Waals surface area (Å²) in [5, 5.41) is 12.3. The van der Waals surface area contributed by atoms with Gasteiger partial charge in [-0.1, -0.05) is 11.6 Å². The molecule has 1 aliphatic rings. The van der Waals surface area contributed by atoms with Crippen LogP contribution in [0.1, 0.15) is 50.3 Å². The van der Waals surface area contributed by atoms with Crippen molar-refractivity contribution >= 4 is 35.5 Å². The number of nitrogens with zero attached hydrogens (tertiary/aromatic N) is 1. The van der Waals surface area contributed by atoms with Crippen LogP contribution in [0.5, 0.6) is 0 Å². The maximum atomic E-state index is 12.6. The minimum atomic E-state index is -1.40. The number of aromatic carboxylic acids is 1. The van der Waals surface area contributed by atoms with Crippen molar-refractivity contribution in [2.75, 3.05) is 39.1 Å². The number of carbonyl (C=O) groups excluding carboxylic acids is 2. The van der Waals surface area contributed by atoms with Gasteiger partial charge < -0.3 is 25.8 Å². The van der Waals surface area contributed by atoms with E-state index < -0.39 is 17.4 Å². The second kappa shape index (κ2) is 9.68. The van der Waals surface area contributed by atoms with E-state index in [1.165, 1.54) is 6.07 Å². The Kier molecular flexibility index (Phi) is 7.58. The van der Waals surface area contributed by atoms with Crippen molar-refractivity contribution in [1.82, 2.24) is 10.2 Å². The lowest BCUT2D eigenvalue weighted by Crippen LogP contribution is -2.45. The average molecular weight is 398 g/mol. The van der Waals surface area contributed by atoms with Gasteiger partial charge >= 0.3 is 5.97 Å². The lowest BCUT2D eigenvalue weighted by molar-refractivity contribution is 0.0687. The highest BCUT2D eigenvalue weighted by Gasteiger charge is 2.27. The van der Waals surface area contributed by atoms with Crippen LogP contribution >= 0.6 is 11.6 Å². The van der Waals surface area contributed by atoms with Crippen molar-refractivity contribution in [3.8, 4) is 0 Å². The van der Waals surface area contributed by atoms with Crippen LogP contribution in [-0.2, 0) is 4.74 Å². The number of anilines is 1. The van der Waals surface area contributed by atoms with Crippen LogP contribution < -0.4 is 11.1 Å². The Morgan fingerprint density at radius 3 is 2.67 bits per heavy atom. The van der Waals surface area contributed by atoms with Gasteiger partial charge in [-0.25, -0.2) is 4.79 Å². The largest absolute Gasteiger partial charge is 0.478 e. The zero-order valence-corrected chi connectivity index (χ0v) is 15.9. The average Bonchev–Trinajstić information content (AvgIpc) is 2.64. The number of halogens is 1. The predicted molar refractivity (Wildman–Crippen MR) is 102 cm³/mol. The van der Waals surface area contributed by atoms with Gasteiger partial charge in [-0.2, -0.15) is 0 Å². The molecule has 1 heterocycles. The zero-order chi connectivity index (χ0) is 20.0. The van der Waals surface area contributed by atoms with Crippen molar-refractivity contribution in [1.29, 1.82) is 0 Å². The molecular weight excluding hydrogens is 374 g/mol. The number of carbonyl (C=O) groups is 3. The first-order valence-corrected chi connectivity index (χ1v) is 9.09. The lowest BCUT2D eigenvalue weighted by atomic mass is 9.98. The summed E-state index contributed by atoms with van der Waals surface area (Å²) >= 11 is 5.97. The summed E-state index contributed by atoms with van der Waals surface area (Å²) in [4.78, 5) is 37.8. The summed E-state index contributed by atoms with van der Waals surface area (Å²) in [5.74, 6) is -1.98. The van der Waals surface area contributed by atoms with E-state index in [1.807, 2.05) is 0 Å². The molecule has 0 aliphatic carbocycles. The molecule has 0 unspecified atom stereocenters. The van der Waals surface area contributed by atoms with E-state index in [-0.39, 0.29) is 27.9 Å². The summed E-state index contributed by atoms with van der Waals surface area (Å²) in [6.45, 7) is 3.32. The number of likely N-dealkylation sites (tertiary alicyclic amines) is 1. The number of hydrogen-bond acceptors (Lipinski definition) is 6. The maximum absolute atomic E-state index is 12.6. The summed E-state index contributed by atoms with van der Waals surface area (Å²) in [6, 6.07) is 1.12. The fourth-order valence-corrected chi connectivity index (χ4v) is 3.42. The van der Waals surface area contributed by atoms with E-state index >= 15 is 0 Å². The number of methoxy groups -OCH3 is 1. The Morgan fingerprint density at radius 2 is 2.11 bits per heavy atom. The minimum absolute atomic E-state index is 0.0276. The number of hydrogen-bond donors (Lipinski definition) is 3. The SMILES string of the molecule is COCCCN1CCC(NC(=O)c2cc(Cl)c(N)c(C=O)c2C(=O)O)CC1. The van der Waals surface area contributed by atoms with E-state index in [2.05, 4.69) is 10.2 Å². The number of carboxylic acid groups (broad SMARTS) is 1. The van der Waals surface area contributed by atoms with Crippen molar-refractivity contribution in [2.24, 2.45) is 0 Å². The van der Waals surface area contributed by atoms with Crippen molar-refractivity contribution < 1.29 is 24.2 Å². The Morgan fingerprint density at radius 1 is 1.44 bits per heavy atom. The molecule has 8 nitrogen and oxygen atoms in total. The fourth-order valence-electron chi connectivity index (χ4n) is 3.21. The summed E-state index contributed by atoms with van der Waals surface area (Å²) in [5.41, 5.74) is 4.66. The predicted octanol–water partition coefficient (Wildman–Crippen LogP) is 1.66. The van der Waals surface area contributed by atoms with Crippen LogP contribution in [0.4, 0.5) is 5.69 Å². The van der Waals surface area contributed by atoms with Gasteiger partial charge in [0, 0.05) is 39.4 Å².